The molecule has 0 radical (unpaired) electrons. The Bertz CT molecular complexity index is 1680. The number of likely N-dealkylation sites (tertiary alicyclic amines) is 2. The van der Waals surface area contributed by atoms with Crippen LogP contribution < -0.4 is 23.7 Å². The third-order valence-electron chi connectivity index (χ3n) is 13.8. The summed E-state index contributed by atoms with van der Waals surface area (Å²) >= 11 is 0. The molecule has 0 aromatic heterocycles. The minimum Gasteiger partial charge on any atom is -0.493 e. The number of nitrogens with zero attached hydrogens (tertiary/aromatic N) is 2. The zero-order chi connectivity index (χ0) is 30.6. The van der Waals surface area contributed by atoms with Gasteiger partial charge in [0.15, 0.2) is 34.9 Å². The number of hydrogen-bond donors (Lipinski definition) is 1. The van der Waals surface area contributed by atoms with Gasteiger partial charge in [-0.2, -0.15) is 0 Å². The Hall–Kier alpha value is -3.01. The molecule has 9 atom stereocenters. The quantitative estimate of drug-likeness (QED) is 0.558. The van der Waals surface area contributed by atoms with Gasteiger partial charge in [-0.15, -0.1) is 0 Å². The Morgan fingerprint density at radius 1 is 0.911 bits per heavy atom. The van der Waals surface area contributed by atoms with E-state index in [2.05, 4.69) is 36.0 Å². The highest BCUT2D eigenvalue weighted by molar-refractivity contribution is 5.90. The van der Waals surface area contributed by atoms with E-state index in [0.717, 1.165) is 67.1 Å². The number of piperidine rings is 2. The summed E-state index contributed by atoms with van der Waals surface area (Å²) in [6, 6.07) is 6.67. The molecule has 238 valence electrons. The zero-order valence-corrected chi connectivity index (χ0v) is 26.6. The second-order valence-corrected chi connectivity index (χ2v) is 15.1. The van der Waals surface area contributed by atoms with Crippen LogP contribution in [0, 0.1) is 5.92 Å². The van der Waals surface area contributed by atoms with Crippen molar-refractivity contribution in [3.63, 3.8) is 0 Å². The number of methoxy groups -OCH3 is 2. The molecule has 2 aromatic carbocycles. The van der Waals surface area contributed by atoms with Crippen LogP contribution in [0.4, 0.5) is 0 Å². The number of ether oxygens (including phenoxy) is 5. The van der Waals surface area contributed by atoms with E-state index >= 15 is 0 Å². The van der Waals surface area contributed by atoms with E-state index in [0.29, 0.717) is 49.1 Å². The Morgan fingerprint density at radius 2 is 1.71 bits per heavy atom. The van der Waals surface area contributed by atoms with Gasteiger partial charge in [0.1, 0.15) is 18.0 Å². The highest BCUT2D eigenvalue weighted by atomic mass is 16.6. The van der Waals surface area contributed by atoms with Crippen LogP contribution in [0.3, 0.4) is 0 Å². The molecule has 4 aliphatic carbocycles. The predicted octanol–water partition coefficient (Wildman–Crippen LogP) is 3.17. The van der Waals surface area contributed by atoms with Crippen LogP contribution in [0.2, 0.25) is 0 Å². The fourth-order valence-electron chi connectivity index (χ4n) is 12.0. The van der Waals surface area contributed by atoms with Crippen molar-refractivity contribution < 1.29 is 33.6 Å². The number of ketones is 1. The molecular formula is C36H42N2O7. The van der Waals surface area contributed by atoms with Gasteiger partial charge in [-0.25, -0.2) is 0 Å². The summed E-state index contributed by atoms with van der Waals surface area (Å²) in [6.07, 6.45) is 5.11. The smallest absolute Gasteiger partial charge is 0.174 e. The van der Waals surface area contributed by atoms with Gasteiger partial charge in [0.05, 0.1) is 25.2 Å². The average molecular weight is 615 g/mol. The fraction of sp³-hybridized carbons (Fsp3) is 0.639. The van der Waals surface area contributed by atoms with Crippen molar-refractivity contribution in [3.05, 3.63) is 40.5 Å². The maximum atomic E-state index is 13.5. The van der Waals surface area contributed by atoms with Crippen LogP contribution in [0.25, 0.3) is 0 Å². The molecule has 2 saturated carbocycles. The second kappa shape index (κ2) is 8.66. The lowest BCUT2D eigenvalue weighted by molar-refractivity contribution is -0.185. The van der Waals surface area contributed by atoms with Crippen molar-refractivity contribution in [2.45, 2.75) is 98.2 Å². The molecule has 9 nitrogen and oxygen atoms in total. The minimum atomic E-state index is -1.05. The third kappa shape index (κ3) is 2.92. The lowest BCUT2D eigenvalue weighted by atomic mass is 9.49. The fourth-order valence-corrected chi connectivity index (χ4v) is 12.0. The number of Topliss-reactive ketones (excluding diaryl/α,β-unsaturated/α-hetero) is 1. The van der Waals surface area contributed by atoms with E-state index in [4.69, 9.17) is 23.7 Å². The molecule has 4 bridgehead atoms. The minimum absolute atomic E-state index is 0.0740. The molecule has 4 aliphatic heterocycles. The molecule has 1 N–H and O–H groups in total. The molecule has 45 heavy (non-hydrogen) atoms. The Morgan fingerprint density at radius 3 is 2.53 bits per heavy atom. The molecule has 0 amide bonds. The molecule has 2 saturated heterocycles. The SMILES string of the molecule is COc1ccc2c3c1OC1C(Oc4cc(OC)c5c6c4CC4N(C)CCC67C(O5)C(=O)CCC47O)CCC4C(C2)N(C)CCC341. The van der Waals surface area contributed by atoms with Crippen molar-refractivity contribution in [1.82, 2.24) is 9.80 Å². The van der Waals surface area contributed by atoms with E-state index in [1.807, 2.05) is 6.07 Å². The first-order valence-corrected chi connectivity index (χ1v) is 16.9. The number of carbonyl (C=O) groups excluding carboxylic acids is 1. The molecule has 9 unspecified atom stereocenters. The van der Waals surface area contributed by atoms with E-state index in [1.54, 1.807) is 14.2 Å². The predicted molar refractivity (Wildman–Crippen MR) is 164 cm³/mol. The van der Waals surface area contributed by atoms with E-state index < -0.39 is 17.1 Å². The van der Waals surface area contributed by atoms with Gasteiger partial charge in [-0.3, -0.25) is 4.79 Å². The van der Waals surface area contributed by atoms with Gasteiger partial charge in [-0.05, 0) is 89.7 Å². The normalized spacial score (nSPS) is 41.5. The van der Waals surface area contributed by atoms with Gasteiger partial charge >= 0.3 is 0 Å². The lowest BCUT2D eigenvalue weighted by Crippen LogP contribution is -2.76. The first kappa shape index (κ1) is 27.1. The molecular weight excluding hydrogens is 572 g/mol. The van der Waals surface area contributed by atoms with Gasteiger partial charge in [0.2, 0.25) is 0 Å². The average Bonchev–Trinajstić information content (AvgIpc) is 3.58. The molecule has 10 rings (SSSR count). The van der Waals surface area contributed by atoms with Crippen LogP contribution in [-0.4, -0.2) is 98.1 Å². The van der Waals surface area contributed by atoms with Crippen LogP contribution in [0.1, 0.15) is 60.8 Å². The van der Waals surface area contributed by atoms with Gasteiger partial charge in [0.25, 0.3) is 0 Å². The number of likely N-dealkylation sites (N-methyl/N-ethyl adjacent to an activating group) is 2. The summed E-state index contributed by atoms with van der Waals surface area (Å²) in [7, 11) is 7.76. The monoisotopic (exact) mass is 614 g/mol. The number of aliphatic hydroxyl groups is 1. The Labute approximate surface area is 263 Å². The highest BCUT2D eigenvalue weighted by Crippen LogP contribution is 2.67. The standard InChI is InChI=1S/C36H42N2O7/c1-37-13-11-34-20-6-8-24(33(34)45-30-23(41-3)7-5-18(28(30)34)15-21(20)37)43-25-17-26(42-4)31-29-19(25)16-27-36(40)10-9-22(39)32(44-31)35(29,36)12-14-38(27)2/h5,7,17,20-21,24,27,32-33,40H,6,8-16H2,1-4H3. The van der Waals surface area contributed by atoms with E-state index in [9.17, 15) is 9.90 Å². The van der Waals surface area contributed by atoms with Crippen LogP contribution in [0.15, 0.2) is 18.2 Å². The van der Waals surface area contributed by atoms with E-state index in [1.165, 1.54) is 11.1 Å². The maximum Gasteiger partial charge on any atom is 0.174 e. The molecule has 2 spiro atoms. The molecule has 4 fully saturated rings. The van der Waals surface area contributed by atoms with Gasteiger partial charge < -0.3 is 38.6 Å². The highest BCUT2D eigenvalue weighted by Gasteiger charge is 2.73. The zero-order valence-electron chi connectivity index (χ0n) is 26.6. The molecule has 9 heteroatoms. The van der Waals surface area contributed by atoms with Crippen molar-refractivity contribution >= 4 is 5.78 Å². The van der Waals surface area contributed by atoms with E-state index in [-0.39, 0.29) is 29.4 Å². The van der Waals surface area contributed by atoms with Crippen molar-refractivity contribution in [2.75, 3.05) is 41.4 Å². The third-order valence-corrected chi connectivity index (χ3v) is 13.8. The topological polar surface area (TPSA) is 89.9 Å². The first-order valence-electron chi connectivity index (χ1n) is 16.9. The number of carbonyl (C=O) groups is 1. The summed E-state index contributed by atoms with van der Waals surface area (Å²) < 4.78 is 32.7. The summed E-state index contributed by atoms with van der Waals surface area (Å²) in [4.78, 5) is 18.3. The summed E-state index contributed by atoms with van der Waals surface area (Å²) in [5.41, 5.74) is 2.79. The van der Waals surface area contributed by atoms with Crippen LogP contribution in [0.5, 0.6) is 28.7 Å². The van der Waals surface area contributed by atoms with Crippen molar-refractivity contribution in [2.24, 2.45) is 5.92 Å². The maximum absolute atomic E-state index is 13.5. The van der Waals surface area contributed by atoms with Crippen molar-refractivity contribution in [3.8, 4) is 28.7 Å². The van der Waals surface area contributed by atoms with Gasteiger partial charge in [-0.1, -0.05) is 6.07 Å². The summed E-state index contributed by atoms with van der Waals surface area (Å²) in [5.74, 6) is 4.26. The Balaban J connectivity index is 1.12. The number of benzene rings is 2. The number of hydrogen-bond acceptors (Lipinski definition) is 9. The molecule has 2 aromatic rings. The Kier molecular flexibility index (Phi) is 5.22. The first-order chi connectivity index (χ1) is 21.8. The second-order valence-electron chi connectivity index (χ2n) is 15.1. The summed E-state index contributed by atoms with van der Waals surface area (Å²) in [5, 5.41) is 12.5. The van der Waals surface area contributed by atoms with Gasteiger partial charge in [0, 0.05) is 46.7 Å². The van der Waals surface area contributed by atoms with Crippen LogP contribution >= 0.6 is 0 Å². The molecule has 4 heterocycles. The number of rotatable bonds is 4. The van der Waals surface area contributed by atoms with Crippen LogP contribution in [-0.2, 0) is 28.5 Å². The summed E-state index contributed by atoms with van der Waals surface area (Å²) in [6.45, 7) is 1.83. The van der Waals surface area contributed by atoms with Crippen molar-refractivity contribution in [1.29, 1.82) is 0 Å². The molecule has 8 aliphatic rings. The lowest BCUT2D eigenvalue weighted by Gasteiger charge is -2.62. The largest absolute Gasteiger partial charge is 0.493 e.